The van der Waals surface area contributed by atoms with Crippen LogP contribution in [0.25, 0.3) is 11.1 Å². The Balaban J connectivity index is 2.07. The molecular formula is C19H24O2. The average molecular weight is 284 g/mol. The molecule has 2 heteroatoms. The lowest BCUT2D eigenvalue weighted by molar-refractivity contribution is 0.452. The summed E-state index contributed by atoms with van der Waals surface area (Å²) in [5.74, 6) is 0.314. The molecule has 2 N–H and O–H groups in total. The predicted octanol–water partition coefficient (Wildman–Crippen LogP) is 5.28. The van der Waals surface area contributed by atoms with E-state index in [1.54, 1.807) is 12.1 Å². The number of aromatic hydroxyl groups is 2. The molecule has 2 nitrogen and oxygen atoms in total. The summed E-state index contributed by atoms with van der Waals surface area (Å²) in [7, 11) is 0. The van der Waals surface area contributed by atoms with Gasteiger partial charge in [0.2, 0.25) is 0 Å². The van der Waals surface area contributed by atoms with E-state index in [1.165, 1.54) is 25.7 Å². The zero-order valence-electron chi connectivity index (χ0n) is 12.7. The van der Waals surface area contributed by atoms with Crippen LogP contribution in [0, 0.1) is 0 Å². The summed E-state index contributed by atoms with van der Waals surface area (Å²) in [6, 6.07) is 13.1. The standard InChI is InChI=1S/C19H24O2/c1-2-3-4-5-7-10-15-13-17(20)19(18(21)14-15)16-11-8-6-9-12-16/h6,8-9,11-14,20-21H,2-5,7,10H2,1H3. The van der Waals surface area contributed by atoms with E-state index in [1.807, 2.05) is 30.3 Å². The van der Waals surface area contributed by atoms with Crippen LogP contribution in [0.3, 0.4) is 0 Å². The van der Waals surface area contributed by atoms with Crippen molar-refractivity contribution in [2.45, 2.75) is 45.4 Å². The van der Waals surface area contributed by atoms with Gasteiger partial charge in [0.15, 0.2) is 0 Å². The number of phenols is 2. The number of unbranched alkanes of at least 4 members (excludes halogenated alkanes) is 4. The van der Waals surface area contributed by atoms with E-state index in [4.69, 9.17) is 0 Å². The first-order valence-electron chi connectivity index (χ1n) is 7.82. The molecule has 2 aromatic rings. The number of rotatable bonds is 7. The van der Waals surface area contributed by atoms with Crippen molar-refractivity contribution in [1.29, 1.82) is 0 Å². The van der Waals surface area contributed by atoms with Gasteiger partial charge in [0.1, 0.15) is 11.5 Å². The van der Waals surface area contributed by atoms with Gasteiger partial charge in [0, 0.05) is 0 Å². The van der Waals surface area contributed by atoms with E-state index in [2.05, 4.69) is 6.92 Å². The summed E-state index contributed by atoms with van der Waals surface area (Å²) in [5.41, 5.74) is 2.36. The van der Waals surface area contributed by atoms with Crippen LogP contribution in [0.1, 0.15) is 44.6 Å². The van der Waals surface area contributed by atoms with Crippen LogP contribution < -0.4 is 0 Å². The third-order valence-corrected chi connectivity index (χ3v) is 3.79. The fourth-order valence-corrected chi connectivity index (χ4v) is 2.65. The topological polar surface area (TPSA) is 40.5 Å². The molecule has 0 atom stereocenters. The second-order valence-corrected chi connectivity index (χ2v) is 5.54. The van der Waals surface area contributed by atoms with Gasteiger partial charge in [-0.25, -0.2) is 0 Å². The molecule has 0 spiro atoms. The Kier molecular flexibility index (Phi) is 5.68. The molecule has 0 saturated carbocycles. The molecule has 0 aliphatic rings. The Morgan fingerprint density at radius 2 is 1.43 bits per heavy atom. The first kappa shape index (κ1) is 15.4. The summed E-state index contributed by atoms with van der Waals surface area (Å²) < 4.78 is 0. The monoisotopic (exact) mass is 284 g/mol. The maximum Gasteiger partial charge on any atom is 0.127 e. The quantitative estimate of drug-likeness (QED) is 0.679. The minimum atomic E-state index is 0.157. The van der Waals surface area contributed by atoms with Gasteiger partial charge in [-0.3, -0.25) is 0 Å². The highest BCUT2D eigenvalue weighted by atomic mass is 16.3. The van der Waals surface area contributed by atoms with Gasteiger partial charge in [0.25, 0.3) is 0 Å². The van der Waals surface area contributed by atoms with E-state index < -0.39 is 0 Å². The SMILES string of the molecule is CCCCCCCc1cc(O)c(-c2ccccc2)c(O)c1. The van der Waals surface area contributed by atoms with E-state index >= 15 is 0 Å². The Bertz CT molecular complexity index is 538. The third kappa shape index (κ3) is 4.25. The molecule has 21 heavy (non-hydrogen) atoms. The van der Waals surface area contributed by atoms with Crippen molar-refractivity contribution in [3.8, 4) is 22.6 Å². The van der Waals surface area contributed by atoms with Gasteiger partial charge >= 0.3 is 0 Å². The first-order chi connectivity index (χ1) is 10.2. The fraction of sp³-hybridized carbons (Fsp3) is 0.368. The van der Waals surface area contributed by atoms with Gasteiger partial charge in [-0.1, -0.05) is 62.9 Å². The molecule has 0 fully saturated rings. The van der Waals surface area contributed by atoms with Crippen LogP contribution in [0.4, 0.5) is 0 Å². The summed E-state index contributed by atoms with van der Waals surface area (Å²) in [4.78, 5) is 0. The smallest absolute Gasteiger partial charge is 0.127 e. The third-order valence-electron chi connectivity index (χ3n) is 3.79. The van der Waals surface area contributed by atoms with E-state index in [-0.39, 0.29) is 11.5 Å². The lowest BCUT2D eigenvalue weighted by Gasteiger charge is -2.10. The minimum Gasteiger partial charge on any atom is -0.507 e. The van der Waals surface area contributed by atoms with Gasteiger partial charge in [-0.15, -0.1) is 0 Å². The maximum atomic E-state index is 10.2. The molecule has 0 aliphatic carbocycles. The molecule has 0 saturated heterocycles. The highest BCUT2D eigenvalue weighted by Crippen LogP contribution is 2.38. The Hall–Kier alpha value is -1.96. The molecule has 112 valence electrons. The fourth-order valence-electron chi connectivity index (χ4n) is 2.65. The largest absolute Gasteiger partial charge is 0.507 e. The van der Waals surface area contributed by atoms with Crippen molar-refractivity contribution in [3.63, 3.8) is 0 Å². The van der Waals surface area contributed by atoms with Crippen LogP contribution in [0.5, 0.6) is 11.5 Å². The zero-order chi connectivity index (χ0) is 15.1. The van der Waals surface area contributed by atoms with Crippen LogP contribution in [-0.4, -0.2) is 10.2 Å². The van der Waals surface area contributed by atoms with Crippen molar-refractivity contribution in [2.75, 3.05) is 0 Å². The summed E-state index contributed by atoms with van der Waals surface area (Å²) in [6.07, 6.45) is 6.99. The zero-order valence-corrected chi connectivity index (χ0v) is 12.7. The molecule has 0 heterocycles. The summed E-state index contributed by atoms with van der Waals surface area (Å²) in [6.45, 7) is 2.21. The highest BCUT2D eigenvalue weighted by molar-refractivity contribution is 5.76. The minimum absolute atomic E-state index is 0.157. The van der Waals surface area contributed by atoms with Gasteiger partial charge < -0.3 is 10.2 Å². The van der Waals surface area contributed by atoms with Crippen molar-refractivity contribution >= 4 is 0 Å². The molecular weight excluding hydrogens is 260 g/mol. The summed E-state index contributed by atoms with van der Waals surface area (Å²) >= 11 is 0. The molecule has 0 amide bonds. The van der Waals surface area contributed by atoms with E-state index in [0.717, 1.165) is 24.0 Å². The highest BCUT2D eigenvalue weighted by Gasteiger charge is 2.11. The number of phenolic OH excluding ortho intramolecular Hbond substituents is 2. The van der Waals surface area contributed by atoms with Crippen LogP contribution in [0.2, 0.25) is 0 Å². The van der Waals surface area contributed by atoms with Crippen LogP contribution in [0.15, 0.2) is 42.5 Å². The normalized spacial score (nSPS) is 10.7. The second kappa shape index (κ2) is 7.72. The Morgan fingerprint density at radius 1 is 0.810 bits per heavy atom. The lowest BCUT2D eigenvalue weighted by Crippen LogP contribution is -1.89. The molecule has 0 bridgehead atoms. The lowest BCUT2D eigenvalue weighted by atomic mass is 9.98. The Labute approximate surface area is 127 Å². The molecule has 0 aromatic heterocycles. The number of hydrogen-bond acceptors (Lipinski definition) is 2. The van der Waals surface area contributed by atoms with Gasteiger partial charge in [0.05, 0.1) is 5.56 Å². The second-order valence-electron chi connectivity index (χ2n) is 5.54. The van der Waals surface area contributed by atoms with Crippen molar-refractivity contribution < 1.29 is 10.2 Å². The van der Waals surface area contributed by atoms with Crippen LogP contribution in [-0.2, 0) is 6.42 Å². The summed E-state index contributed by atoms with van der Waals surface area (Å²) in [5, 5.41) is 20.4. The van der Waals surface area contributed by atoms with Gasteiger partial charge in [-0.2, -0.15) is 0 Å². The molecule has 2 rings (SSSR count). The van der Waals surface area contributed by atoms with E-state index in [9.17, 15) is 10.2 Å². The van der Waals surface area contributed by atoms with Crippen LogP contribution >= 0.6 is 0 Å². The predicted molar refractivity (Wildman–Crippen MR) is 87.7 cm³/mol. The average Bonchev–Trinajstić information content (AvgIpc) is 2.47. The molecule has 0 unspecified atom stereocenters. The first-order valence-corrected chi connectivity index (χ1v) is 7.82. The van der Waals surface area contributed by atoms with Crippen molar-refractivity contribution in [3.05, 3.63) is 48.0 Å². The van der Waals surface area contributed by atoms with Crippen molar-refractivity contribution in [1.82, 2.24) is 0 Å². The van der Waals surface area contributed by atoms with E-state index in [0.29, 0.717) is 5.56 Å². The molecule has 0 radical (unpaired) electrons. The van der Waals surface area contributed by atoms with Gasteiger partial charge in [-0.05, 0) is 36.1 Å². The maximum absolute atomic E-state index is 10.2. The molecule has 0 aliphatic heterocycles. The number of benzene rings is 2. The Morgan fingerprint density at radius 3 is 2.05 bits per heavy atom. The van der Waals surface area contributed by atoms with Crippen molar-refractivity contribution in [2.24, 2.45) is 0 Å². The molecule has 2 aromatic carbocycles. The number of aryl methyl sites for hydroxylation is 1. The number of hydrogen-bond donors (Lipinski definition) is 2.